The third-order valence-corrected chi connectivity index (χ3v) is 6.00. The lowest BCUT2D eigenvalue weighted by Crippen LogP contribution is -2.43. The van der Waals surface area contributed by atoms with Gasteiger partial charge in [-0.25, -0.2) is 9.97 Å². The van der Waals surface area contributed by atoms with Gasteiger partial charge in [-0.3, -0.25) is 9.58 Å². The van der Waals surface area contributed by atoms with Gasteiger partial charge in [-0.2, -0.15) is 5.10 Å². The summed E-state index contributed by atoms with van der Waals surface area (Å²) in [5, 5.41) is 13.4. The molecule has 8 nitrogen and oxygen atoms in total. The molecule has 0 atom stereocenters. The molecule has 0 unspecified atom stereocenters. The number of anilines is 1. The van der Waals surface area contributed by atoms with Gasteiger partial charge in [0.25, 0.3) is 0 Å². The molecule has 152 valence electrons. The molecule has 0 spiro atoms. The largest absolute Gasteiger partial charge is 0.355 e. The van der Waals surface area contributed by atoms with E-state index in [0.717, 1.165) is 55.4 Å². The Hall–Kier alpha value is -2.87. The summed E-state index contributed by atoms with van der Waals surface area (Å²) in [4.78, 5) is 13.1. The van der Waals surface area contributed by atoms with Crippen LogP contribution >= 0.6 is 0 Å². The van der Waals surface area contributed by atoms with Gasteiger partial charge >= 0.3 is 0 Å². The highest BCUT2D eigenvalue weighted by atomic mass is 15.3. The van der Waals surface area contributed by atoms with Gasteiger partial charge in [0.05, 0.1) is 11.4 Å². The molecule has 0 saturated carbocycles. The maximum Gasteiger partial charge on any atom is 0.154 e. The molecule has 4 rings (SSSR count). The molecule has 0 aliphatic carbocycles. The number of hydrogen-bond donors (Lipinski definition) is 0. The summed E-state index contributed by atoms with van der Waals surface area (Å²) in [6.07, 6.45) is 7.42. The van der Waals surface area contributed by atoms with E-state index in [9.17, 15) is 0 Å². The average Bonchev–Trinajstić information content (AvgIpc) is 3.16. The van der Waals surface area contributed by atoms with Crippen LogP contribution in [0.3, 0.4) is 0 Å². The highest BCUT2D eigenvalue weighted by Crippen LogP contribution is 2.29. The predicted molar refractivity (Wildman–Crippen MR) is 112 cm³/mol. The fourth-order valence-electron chi connectivity index (χ4n) is 4.06. The lowest BCUT2D eigenvalue weighted by atomic mass is 10.0. The van der Waals surface area contributed by atoms with E-state index in [1.165, 1.54) is 11.1 Å². The van der Waals surface area contributed by atoms with E-state index in [-0.39, 0.29) is 0 Å². The Morgan fingerprint density at radius 3 is 2.52 bits per heavy atom. The predicted octanol–water partition coefficient (Wildman–Crippen LogP) is 2.38. The summed E-state index contributed by atoms with van der Waals surface area (Å²) >= 11 is 0. The zero-order valence-corrected chi connectivity index (χ0v) is 17.6. The van der Waals surface area contributed by atoms with Crippen LogP contribution in [0.1, 0.15) is 29.7 Å². The monoisotopic (exact) mass is 392 g/mol. The van der Waals surface area contributed by atoms with Crippen LogP contribution in [0.15, 0.2) is 30.9 Å². The van der Waals surface area contributed by atoms with E-state index >= 15 is 0 Å². The first kappa shape index (κ1) is 19.4. The molecule has 0 N–H and O–H groups in total. The molecule has 8 heteroatoms. The highest BCUT2D eigenvalue weighted by molar-refractivity contribution is 5.64. The minimum absolute atomic E-state index is 0.546. The summed E-state index contributed by atoms with van der Waals surface area (Å²) < 4.78 is 1.84. The van der Waals surface area contributed by atoms with Gasteiger partial charge in [-0.15, -0.1) is 10.2 Å². The number of aromatic nitrogens is 6. The first-order valence-corrected chi connectivity index (χ1v) is 10.1. The standard InChI is InChI=1S/C21H28N8/c1-15-16(2)21(26-25-20(15)19-6-10-24-28(19)4)29-11-7-18(8-12-29)27(3)13-17-5-9-22-14-23-17/h5-6,9-10,14,18H,7-8,11-13H2,1-4H3. The fourth-order valence-corrected chi connectivity index (χ4v) is 4.06. The van der Waals surface area contributed by atoms with Crippen molar-refractivity contribution in [3.63, 3.8) is 0 Å². The van der Waals surface area contributed by atoms with E-state index in [2.05, 4.69) is 56.0 Å². The lowest BCUT2D eigenvalue weighted by molar-refractivity contribution is 0.198. The van der Waals surface area contributed by atoms with Crippen molar-refractivity contribution in [2.45, 2.75) is 39.3 Å². The average molecular weight is 393 g/mol. The molecular weight excluding hydrogens is 364 g/mol. The van der Waals surface area contributed by atoms with Gasteiger partial charge in [0, 0.05) is 45.1 Å². The molecule has 3 aromatic heterocycles. The number of aryl methyl sites for hydroxylation is 1. The molecule has 29 heavy (non-hydrogen) atoms. The van der Waals surface area contributed by atoms with Crippen molar-refractivity contribution in [2.75, 3.05) is 25.0 Å². The van der Waals surface area contributed by atoms with Gasteiger partial charge < -0.3 is 4.90 Å². The molecule has 4 heterocycles. The molecular formula is C21H28N8. The minimum atomic E-state index is 0.546. The third-order valence-electron chi connectivity index (χ3n) is 6.00. The summed E-state index contributed by atoms with van der Waals surface area (Å²) in [6, 6.07) is 4.51. The van der Waals surface area contributed by atoms with Gasteiger partial charge in [0.2, 0.25) is 0 Å². The van der Waals surface area contributed by atoms with E-state index in [1.54, 1.807) is 18.7 Å². The Bertz CT molecular complexity index is 960. The number of piperidine rings is 1. The summed E-state index contributed by atoms with van der Waals surface area (Å²) in [5.41, 5.74) is 5.33. The van der Waals surface area contributed by atoms with Crippen molar-refractivity contribution in [3.05, 3.63) is 47.7 Å². The molecule has 0 radical (unpaired) electrons. The van der Waals surface area contributed by atoms with Crippen molar-refractivity contribution < 1.29 is 0 Å². The van der Waals surface area contributed by atoms with E-state index in [0.29, 0.717) is 6.04 Å². The van der Waals surface area contributed by atoms with Crippen LogP contribution in [0.4, 0.5) is 5.82 Å². The number of rotatable bonds is 5. The van der Waals surface area contributed by atoms with Crippen LogP contribution in [0.5, 0.6) is 0 Å². The van der Waals surface area contributed by atoms with Gasteiger partial charge in [0.1, 0.15) is 12.0 Å². The zero-order chi connectivity index (χ0) is 20.4. The molecule has 1 saturated heterocycles. The second-order valence-corrected chi connectivity index (χ2v) is 7.80. The quantitative estimate of drug-likeness (QED) is 0.660. The van der Waals surface area contributed by atoms with Gasteiger partial charge in [-0.1, -0.05) is 0 Å². The van der Waals surface area contributed by atoms with Crippen molar-refractivity contribution >= 4 is 5.82 Å². The SMILES string of the molecule is Cc1c(-c2ccnn2C)nnc(N2CCC(N(C)Cc3ccncn3)CC2)c1C. The van der Waals surface area contributed by atoms with Crippen LogP contribution in [-0.4, -0.2) is 61.0 Å². The number of nitrogens with zero attached hydrogens (tertiary/aromatic N) is 8. The Morgan fingerprint density at radius 2 is 1.86 bits per heavy atom. The van der Waals surface area contributed by atoms with Crippen molar-refractivity contribution in [1.82, 2.24) is 34.8 Å². The first-order valence-electron chi connectivity index (χ1n) is 10.1. The van der Waals surface area contributed by atoms with Crippen LogP contribution in [0, 0.1) is 13.8 Å². The summed E-state index contributed by atoms with van der Waals surface area (Å²) in [6.45, 7) is 7.09. The molecule has 1 aliphatic heterocycles. The molecule has 0 amide bonds. The van der Waals surface area contributed by atoms with E-state index in [4.69, 9.17) is 0 Å². The smallest absolute Gasteiger partial charge is 0.154 e. The lowest BCUT2D eigenvalue weighted by Gasteiger charge is -2.37. The second kappa shape index (κ2) is 8.24. The summed E-state index contributed by atoms with van der Waals surface area (Å²) in [7, 11) is 4.11. The topological polar surface area (TPSA) is 75.9 Å². The normalized spacial score (nSPS) is 15.3. The zero-order valence-electron chi connectivity index (χ0n) is 17.6. The van der Waals surface area contributed by atoms with Crippen LogP contribution < -0.4 is 4.90 Å². The van der Waals surface area contributed by atoms with Crippen LogP contribution in [0.2, 0.25) is 0 Å². The van der Waals surface area contributed by atoms with Crippen molar-refractivity contribution in [2.24, 2.45) is 7.05 Å². The molecule has 1 fully saturated rings. The van der Waals surface area contributed by atoms with Crippen molar-refractivity contribution in [3.8, 4) is 11.4 Å². The minimum Gasteiger partial charge on any atom is -0.355 e. The van der Waals surface area contributed by atoms with E-state index < -0.39 is 0 Å². The Balaban J connectivity index is 1.43. The summed E-state index contributed by atoms with van der Waals surface area (Å²) in [5.74, 6) is 1.00. The van der Waals surface area contributed by atoms with Gasteiger partial charge in [0.15, 0.2) is 5.82 Å². The fraction of sp³-hybridized carbons (Fsp3) is 0.476. The van der Waals surface area contributed by atoms with E-state index in [1.807, 2.05) is 23.9 Å². The van der Waals surface area contributed by atoms with Crippen molar-refractivity contribution in [1.29, 1.82) is 0 Å². The maximum absolute atomic E-state index is 4.60. The molecule has 0 bridgehead atoms. The molecule has 0 aromatic carbocycles. The maximum atomic E-state index is 4.60. The van der Waals surface area contributed by atoms with Crippen LogP contribution in [-0.2, 0) is 13.6 Å². The first-order chi connectivity index (χ1) is 14.0. The highest BCUT2D eigenvalue weighted by Gasteiger charge is 2.25. The second-order valence-electron chi connectivity index (χ2n) is 7.80. The number of hydrogen-bond acceptors (Lipinski definition) is 7. The Kier molecular flexibility index (Phi) is 5.53. The Labute approximate surface area is 171 Å². The Morgan fingerprint density at radius 1 is 1.07 bits per heavy atom. The molecule has 1 aliphatic rings. The third kappa shape index (κ3) is 3.98. The van der Waals surface area contributed by atoms with Crippen LogP contribution in [0.25, 0.3) is 11.4 Å². The molecule has 3 aromatic rings. The van der Waals surface area contributed by atoms with Gasteiger partial charge in [-0.05, 0) is 57.0 Å².